The number of fused-ring (bicyclic) bond motifs is 1. The Labute approximate surface area is 121 Å². The first-order valence-corrected chi connectivity index (χ1v) is 7.31. The summed E-state index contributed by atoms with van der Waals surface area (Å²) in [6.07, 6.45) is 1.02. The van der Waals surface area contributed by atoms with Crippen LogP contribution in [0.2, 0.25) is 0 Å². The van der Waals surface area contributed by atoms with E-state index in [9.17, 15) is 4.79 Å². The molecule has 2 rings (SSSR count). The van der Waals surface area contributed by atoms with Crippen molar-refractivity contribution >= 4 is 5.91 Å². The van der Waals surface area contributed by atoms with E-state index in [2.05, 4.69) is 23.5 Å². The lowest BCUT2D eigenvalue weighted by Crippen LogP contribution is -2.44. The van der Waals surface area contributed by atoms with Gasteiger partial charge in [0.05, 0.1) is 18.8 Å². The highest BCUT2D eigenvalue weighted by Gasteiger charge is 2.22. The number of amides is 1. The van der Waals surface area contributed by atoms with Crippen LogP contribution in [0, 0.1) is 0 Å². The van der Waals surface area contributed by atoms with Gasteiger partial charge in [-0.3, -0.25) is 4.79 Å². The summed E-state index contributed by atoms with van der Waals surface area (Å²) in [5, 5.41) is 3.29. The largest absolute Gasteiger partial charge is 0.372 e. The van der Waals surface area contributed by atoms with Crippen LogP contribution >= 0.6 is 0 Å². The number of ether oxygens (including phenoxy) is 1. The molecule has 0 spiro atoms. The number of rotatable bonds is 5. The topological polar surface area (TPSA) is 41.6 Å². The van der Waals surface area contributed by atoms with E-state index in [1.54, 1.807) is 4.90 Å². The third-order valence-corrected chi connectivity index (χ3v) is 3.92. The maximum absolute atomic E-state index is 12.0. The molecule has 0 aliphatic carbocycles. The molecule has 4 heteroatoms. The molecule has 1 aromatic carbocycles. The smallest absolute Gasteiger partial charge is 0.239 e. The molecule has 1 aliphatic heterocycles. The summed E-state index contributed by atoms with van der Waals surface area (Å²) in [6.45, 7) is 6.03. The Hall–Kier alpha value is -1.39. The number of likely N-dealkylation sites (N-methyl/N-ethyl adjacent to an activating group) is 1. The molecule has 0 radical (unpaired) electrons. The van der Waals surface area contributed by atoms with Gasteiger partial charge >= 0.3 is 0 Å². The summed E-state index contributed by atoms with van der Waals surface area (Å²) in [7, 11) is 1.83. The maximum atomic E-state index is 12.0. The van der Waals surface area contributed by atoms with Gasteiger partial charge in [0.25, 0.3) is 0 Å². The summed E-state index contributed by atoms with van der Waals surface area (Å²) in [4.78, 5) is 13.7. The average Bonchev–Trinajstić information content (AvgIpc) is 2.50. The summed E-state index contributed by atoms with van der Waals surface area (Å²) in [5.41, 5.74) is 2.60. The van der Waals surface area contributed by atoms with Gasteiger partial charge in [0.15, 0.2) is 0 Å². The van der Waals surface area contributed by atoms with Crippen LogP contribution in [0.3, 0.4) is 0 Å². The second-order valence-electron chi connectivity index (χ2n) is 5.29. The van der Waals surface area contributed by atoms with Gasteiger partial charge in [0.1, 0.15) is 0 Å². The van der Waals surface area contributed by atoms with E-state index in [1.807, 2.05) is 27.0 Å². The number of carbonyl (C=O) groups is 1. The van der Waals surface area contributed by atoms with Crippen molar-refractivity contribution in [3.8, 4) is 0 Å². The Morgan fingerprint density at radius 3 is 3.00 bits per heavy atom. The second-order valence-corrected chi connectivity index (χ2v) is 5.29. The summed E-state index contributed by atoms with van der Waals surface area (Å²) in [6, 6.07) is 8.20. The number of benzene rings is 1. The Balaban J connectivity index is 1.94. The van der Waals surface area contributed by atoms with Crippen molar-refractivity contribution in [2.24, 2.45) is 0 Å². The molecule has 0 saturated carbocycles. The zero-order valence-electron chi connectivity index (χ0n) is 12.6. The van der Waals surface area contributed by atoms with E-state index in [-0.39, 0.29) is 18.1 Å². The molecule has 20 heavy (non-hydrogen) atoms. The molecular formula is C16H24N2O2. The normalized spacial score (nSPS) is 19.2. The number of nitrogens with zero attached hydrogens (tertiary/aromatic N) is 1. The molecule has 4 nitrogen and oxygen atoms in total. The molecule has 1 aliphatic rings. The van der Waals surface area contributed by atoms with E-state index < -0.39 is 0 Å². The van der Waals surface area contributed by atoms with E-state index in [1.165, 1.54) is 11.1 Å². The minimum absolute atomic E-state index is 0.0436. The van der Waals surface area contributed by atoms with Gasteiger partial charge in [-0.2, -0.15) is 0 Å². The first kappa shape index (κ1) is 15.0. The number of hydrogen-bond acceptors (Lipinski definition) is 3. The van der Waals surface area contributed by atoms with Crippen LogP contribution in [-0.2, 0) is 16.0 Å². The molecule has 1 heterocycles. The fourth-order valence-electron chi connectivity index (χ4n) is 2.50. The molecule has 2 unspecified atom stereocenters. The van der Waals surface area contributed by atoms with Crippen LogP contribution in [0.15, 0.2) is 24.3 Å². The molecule has 0 fully saturated rings. The van der Waals surface area contributed by atoms with E-state index in [0.717, 1.165) is 19.6 Å². The Bertz CT molecular complexity index is 462. The van der Waals surface area contributed by atoms with Crippen molar-refractivity contribution in [2.45, 2.75) is 32.4 Å². The molecule has 0 aromatic heterocycles. The Morgan fingerprint density at radius 2 is 2.25 bits per heavy atom. The van der Waals surface area contributed by atoms with Crippen molar-refractivity contribution in [2.75, 3.05) is 26.7 Å². The zero-order chi connectivity index (χ0) is 14.5. The highest BCUT2D eigenvalue weighted by atomic mass is 16.5. The van der Waals surface area contributed by atoms with E-state index >= 15 is 0 Å². The first-order valence-electron chi connectivity index (χ1n) is 7.31. The molecule has 2 atom stereocenters. The Kier molecular flexibility index (Phi) is 5.15. The quantitative estimate of drug-likeness (QED) is 0.891. The van der Waals surface area contributed by atoms with Gasteiger partial charge < -0.3 is 15.0 Å². The van der Waals surface area contributed by atoms with Gasteiger partial charge in [-0.15, -0.1) is 0 Å². The van der Waals surface area contributed by atoms with Gasteiger partial charge in [-0.05, 0) is 31.4 Å². The summed E-state index contributed by atoms with van der Waals surface area (Å²) in [5.74, 6) is 0.122. The van der Waals surface area contributed by atoms with Gasteiger partial charge in [0, 0.05) is 20.1 Å². The van der Waals surface area contributed by atoms with E-state index in [0.29, 0.717) is 6.54 Å². The highest BCUT2D eigenvalue weighted by molar-refractivity contribution is 5.81. The minimum Gasteiger partial charge on any atom is -0.372 e. The summed E-state index contributed by atoms with van der Waals surface area (Å²) < 4.78 is 5.83. The SMILES string of the molecule is CCN(C)C(=O)C(C)NCC1OCCc2ccccc21. The molecular weight excluding hydrogens is 252 g/mol. The van der Waals surface area contributed by atoms with Crippen molar-refractivity contribution < 1.29 is 9.53 Å². The van der Waals surface area contributed by atoms with Crippen molar-refractivity contribution in [1.82, 2.24) is 10.2 Å². The predicted molar refractivity (Wildman–Crippen MR) is 79.6 cm³/mol. The van der Waals surface area contributed by atoms with Gasteiger partial charge in [-0.1, -0.05) is 24.3 Å². The fraction of sp³-hybridized carbons (Fsp3) is 0.562. The lowest BCUT2D eigenvalue weighted by molar-refractivity contribution is -0.131. The molecule has 1 aromatic rings. The maximum Gasteiger partial charge on any atom is 0.239 e. The van der Waals surface area contributed by atoms with Crippen molar-refractivity contribution in [3.63, 3.8) is 0 Å². The van der Waals surface area contributed by atoms with Crippen LogP contribution in [0.5, 0.6) is 0 Å². The van der Waals surface area contributed by atoms with Crippen molar-refractivity contribution in [3.05, 3.63) is 35.4 Å². The fourth-order valence-corrected chi connectivity index (χ4v) is 2.50. The van der Waals surface area contributed by atoms with Crippen LogP contribution in [0.25, 0.3) is 0 Å². The third-order valence-electron chi connectivity index (χ3n) is 3.92. The van der Waals surface area contributed by atoms with Crippen LogP contribution in [0.1, 0.15) is 31.1 Å². The van der Waals surface area contributed by atoms with Crippen LogP contribution < -0.4 is 5.32 Å². The predicted octanol–water partition coefficient (Wildman–Crippen LogP) is 1.76. The number of nitrogens with one attached hydrogen (secondary N) is 1. The Morgan fingerprint density at radius 1 is 1.50 bits per heavy atom. The van der Waals surface area contributed by atoms with Crippen molar-refractivity contribution in [1.29, 1.82) is 0 Å². The average molecular weight is 276 g/mol. The lowest BCUT2D eigenvalue weighted by Gasteiger charge is -2.28. The number of hydrogen-bond donors (Lipinski definition) is 1. The molecule has 110 valence electrons. The standard InChI is InChI=1S/C16H24N2O2/c1-4-18(3)16(19)12(2)17-11-15-14-8-6-5-7-13(14)9-10-20-15/h5-8,12,15,17H,4,9-11H2,1-3H3. The van der Waals surface area contributed by atoms with Crippen LogP contribution in [-0.4, -0.2) is 43.6 Å². The highest BCUT2D eigenvalue weighted by Crippen LogP contribution is 2.26. The monoisotopic (exact) mass is 276 g/mol. The number of carbonyl (C=O) groups excluding carboxylic acids is 1. The molecule has 0 bridgehead atoms. The second kappa shape index (κ2) is 6.86. The first-order chi connectivity index (χ1) is 9.63. The molecule has 1 amide bonds. The minimum atomic E-state index is -0.183. The van der Waals surface area contributed by atoms with E-state index in [4.69, 9.17) is 4.74 Å². The third kappa shape index (κ3) is 3.38. The molecule has 0 saturated heterocycles. The zero-order valence-corrected chi connectivity index (χ0v) is 12.6. The summed E-state index contributed by atoms with van der Waals surface area (Å²) >= 11 is 0. The van der Waals surface area contributed by atoms with Gasteiger partial charge in [0.2, 0.25) is 5.91 Å². The van der Waals surface area contributed by atoms with Gasteiger partial charge in [-0.25, -0.2) is 0 Å². The molecule has 1 N–H and O–H groups in total. The van der Waals surface area contributed by atoms with Crippen LogP contribution in [0.4, 0.5) is 0 Å². The lowest BCUT2D eigenvalue weighted by atomic mass is 9.97.